The van der Waals surface area contributed by atoms with Crippen LogP contribution in [0, 0.1) is 11.3 Å². The van der Waals surface area contributed by atoms with E-state index in [4.69, 9.17) is 0 Å². The molecule has 0 spiro atoms. The molecule has 0 saturated heterocycles. The number of anilines is 1. The van der Waals surface area contributed by atoms with Crippen molar-refractivity contribution in [1.82, 2.24) is 0 Å². The highest BCUT2D eigenvalue weighted by Crippen LogP contribution is 2.31. The Hall–Kier alpha value is -1.79. The minimum absolute atomic E-state index is 0.505. The van der Waals surface area contributed by atoms with Gasteiger partial charge in [0.2, 0.25) is 0 Å². The molecule has 100 valence electrons. The van der Waals surface area contributed by atoms with Gasteiger partial charge in [0, 0.05) is 16.6 Å². The van der Waals surface area contributed by atoms with E-state index < -0.39 is 5.54 Å². The fraction of sp³-hybridized carbons (Fsp3) is 0.235. The van der Waals surface area contributed by atoms with Gasteiger partial charge in [-0.2, -0.15) is 5.26 Å². The van der Waals surface area contributed by atoms with Gasteiger partial charge in [0.25, 0.3) is 0 Å². The number of nitriles is 1. The van der Waals surface area contributed by atoms with Crippen molar-refractivity contribution in [3.8, 4) is 6.07 Å². The van der Waals surface area contributed by atoms with Crippen LogP contribution in [-0.2, 0) is 12.8 Å². The van der Waals surface area contributed by atoms with Crippen molar-refractivity contribution in [2.24, 2.45) is 0 Å². The van der Waals surface area contributed by atoms with Crippen LogP contribution in [0.15, 0.2) is 53.0 Å². The number of hydrogen-bond donors (Lipinski definition) is 1. The van der Waals surface area contributed by atoms with E-state index in [1.54, 1.807) is 0 Å². The summed E-state index contributed by atoms with van der Waals surface area (Å²) in [6.45, 7) is 0. The Kier molecular flexibility index (Phi) is 3.50. The van der Waals surface area contributed by atoms with Crippen LogP contribution in [0.1, 0.15) is 17.5 Å². The lowest BCUT2D eigenvalue weighted by Gasteiger charge is -2.34. The van der Waals surface area contributed by atoms with Gasteiger partial charge in [-0.3, -0.25) is 0 Å². The Morgan fingerprint density at radius 2 is 1.90 bits per heavy atom. The molecule has 1 aliphatic carbocycles. The fourth-order valence-corrected chi connectivity index (χ4v) is 3.21. The Bertz CT molecular complexity index is 675. The molecule has 3 heteroatoms. The molecule has 2 aromatic carbocycles. The highest BCUT2D eigenvalue weighted by molar-refractivity contribution is 9.10. The SMILES string of the molecule is N#CC1(Nc2cccc(Br)c2)CCc2ccccc2C1. The molecule has 1 aliphatic rings. The monoisotopic (exact) mass is 326 g/mol. The lowest BCUT2D eigenvalue weighted by molar-refractivity contribution is 0.507. The van der Waals surface area contributed by atoms with Crippen LogP contribution in [0.5, 0.6) is 0 Å². The number of nitrogens with zero attached hydrogens (tertiary/aromatic N) is 1. The van der Waals surface area contributed by atoms with Crippen LogP contribution in [-0.4, -0.2) is 5.54 Å². The Morgan fingerprint density at radius 1 is 1.10 bits per heavy atom. The number of rotatable bonds is 2. The third-order valence-corrected chi connectivity index (χ3v) is 4.35. The summed E-state index contributed by atoms with van der Waals surface area (Å²) in [4.78, 5) is 0. The smallest absolute Gasteiger partial charge is 0.129 e. The highest BCUT2D eigenvalue weighted by atomic mass is 79.9. The molecule has 1 N–H and O–H groups in total. The van der Waals surface area contributed by atoms with Crippen molar-refractivity contribution in [2.45, 2.75) is 24.8 Å². The van der Waals surface area contributed by atoms with Crippen LogP contribution >= 0.6 is 15.9 Å². The van der Waals surface area contributed by atoms with Gasteiger partial charge in [0.1, 0.15) is 5.54 Å². The molecular formula is C17H15BrN2. The van der Waals surface area contributed by atoms with Crippen LogP contribution in [0.3, 0.4) is 0 Å². The van der Waals surface area contributed by atoms with Crippen LogP contribution < -0.4 is 5.32 Å². The third-order valence-electron chi connectivity index (χ3n) is 3.85. The molecule has 1 unspecified atom stereocenters. The van der Waals surface area contributed by atoms with Crippen LogP contribution in [0.4, 0.5) is 5.69 Å². The van der Waals surface area contributed by atoms with E-state index in [9.17, 15) is 5.26 Å². The molecule has 0 aliphatic heterocycles. The number of nitrogens with one attached hydrogen (secondary N) is 1. The molecule has 2 aromatic rings. The maximum atomic E-state index is 9.67. The minimum Gasteiger partial charge on any atom is -0.367 e. The summed E-state index contributed by atoms with van der Waals surface area (Å²) in [5, 5.41) is 13.1. The summed E-state index contributed by atoms with van der Waals surface area (Å²) < 4.78 is 1.02. The Morgan fingerprint density at radius 3 is 2.65 bits per heavy atom. The van der Waals surface area contributed by atoms with E-state index >= 15 is 0 Å². The summed E-state index contributed by atoms with van der Waals surface area (Å²) >= 11 is 3.47. The van der Waals surface area contributed by atoms with Gasteiger partial charge in [0.15, 0.2) is 0 Å². The zero-order valence-corrected chi connectivity index (χ0v) is 12.7. The average molecular weight is 327 g/mol. The van der Waals surface area contributed by atoms with Crippen molar-refractivity contribution in [1.29, 1.82) is 5.26 Å². The second-order valence-corrected chi connectivity index (χ2v) is 6.19. The molecular weight excluding hydrogens is 312 g/mol. The van der Waals surface area contributed by atoms with Gasteiger partial charge in [-0.15, -0.1) is 0 Å². The Balaban J connectivity index is 1.89. The summed E-state index contributed by atoms with van der Waals surface area (Å²) in [5.74, 6) is 0. The first kappa shape index (κ1) is 13.2. The minimum atomic E-state index is -0.505. The number of hydrogen-bond acceptors (Lipinski definition) is 2. The molecule has 0 radical (unpaired) electrons. The maximum Gasteiger partial charge on any atom is 0.129 e. The van der Waals surface area contributed by atoms with Gasteiger partial charge in [-0.1, -0.05) is 46.3 Å². The number of halogens is 1. The zero-order chi connectivity index (χ0) is 14.0. The van der Waals surface area contributed by atoms with Gasteiger partial charge in [-0.25, -0.2) is 0 Å². The molecule has 0 amide bonds. The lowest BCUT2D eigenvalue weighted by Crippen LogP contribution is -2.42. The van der Waals surface area contributed by atoms with E-state index in [-0.39, 0.29) is 0 Å². The molecule has 3 rings (SSSR count). The number of benzene rings is 2. The Labute approximate surface area is 127 Å². The van der Waals surface area contributed by atoms with E-state index in [0.29, 0.717) is 0 Å². The molecule has 2 nitrogen and oxygen atoms in total. The van der Waals surface area contributed by atoms with Gasteiger partial charge >= 0.3 is 0 Å². The maximum absolute atomic E-state index is 9.67. The summed E-state index contributed by atoms with van der Waals surface area (Å²) in [7, 11) is 0. The molecule has 20 heavy (non-hydrogen) atoms. The summed E-state index contributed by atoms with van der Waals surface area (Å²) in [5.41, 5.74) is 3.13. The molecule has 0 bridgehead atoms. The van der Waals surface area contributed by atoms with Crippen molar-refractivity contribution in [3.05, 3.63) is 64.1 Å². The topological polar surface area (TPSA) is 35.8 Å². The van der Waals surface area contributed by atoms with Crippen LogP contribution in [0.25, 0.3) is 0 Å². The summed E-state index contributed by atoms with van der Waals surface area (Å²) in [6.07, 6.45) is 2.55. The van der Waals surface area contributed by atoms with E-state index in [1.165, 1.54) is 11.1 Å². The van der Waals surface area contributed by atoms with E-state index in [0.717, 1.165) is 29.4 Å². The second-order valence-electron chi connectivity index (χ2n) is 5.27. The summed E-state index contributed by atoms with van der Waals surface area (Å²) in [6, 6.07) is 18.9. The van der Waals surface area contributed by atoms with Crippen LogP contribution in [0.2, 0.25) is 0 Å². The highest BCUT2D eigenvalue weighted by Gasteiger charge is 2.34. The molecule has 0 fully saturated rings. The first-order valence-corrected chi connectivity index (χ1v) is 7.52. The second kappa shape index (κ2) is 5.30. The van der Waals surface area contributed by atoms with Crippen molar-refractivity contribution in [3.63, 3.8) is 0 Å². The standard InChI is InChI=1S/C17H15BrN2/c18-15-6-3-7-16(10-15)20-17(12-19)9-8-13-4-1-2-5-14(13)11-17/h1-7,10,20H,8-9,11H2. The number of aryl methyl sites for hydroxylation is 1. The largest absolute Gasteiger partial charge is 0.367 e. The first-order chi connectivity index (χ1) is 9.71. The van der Waals surface area contributed by atoms with E-state index in [2.05, 4.69) is 45.5 Å². The first-order valence-electron chi connectivity index (χ1n) is 6.73. The van der Waals surface area contributed by atoms with Crippen molar-refractivity contribution in [2.75, 3.05) is 5.32 Å². The average Bonchev–Trinajstić information content (AvgIpc) is 2.47. The quantitative estimate of drug-likeness (QED) is 0.892. The molecule has 0 aromatic heterocycles. The number of fused-ring (bicyclic) bond motifs is 1. The van der Waals surface area contributed by atoms with E-state index in [1.807, 2.05) is 30.3 Å². The predicted octanol–water partition coefficient (Wildman–Crippen LogP) is 4.31. The zero-order valence-electron chi connectivity index (χ0n) is 11.1. The molecule has 1 atom stereocenters. The van der Waals surface area contributed by atoms with Crippen molar-refractivity contribution >= 4 is 21.6 Å². The predicted molar refractivity (Wildman–Crippen MR) is 84.6 cm³/mol. The fourth-order valence-electron chi connectivity index (χ4n) is 2.81. The van der Waals surface area contributed by atoms with Crippen molar-refractivity contribution < 1.29 is 0 Å². The van der Waals surface area contributed by atoms with Gasteiger partial charge in [0.05, 0.1) is 6.07 Å². The third kappa shape index (κ3) is 2.57. The lowest BCUT2D eigenvalue weighted by atomic mass is 9.78. The van der Waals surface area contributed by atoms with Gasteiger partial charge in [-0.05, 0) is 42.2 Å². The van der Waals surface area contributed by atoms with Gasteiger partial charge < -0.3 is 5.32 Å². The molecule has 0 heterocycles. The molecule has 0 saturated carbocycles. The normalized spacial score (nSPS) is 20.8.